The minimum absolute atomic E-state index is 0.144. The van der Waals surface area contributed by atoms with Crippen LogP contribution < -0.4 is 16.2 Å². The standard InChI is InChI=1S/C15H10Cl2N4O4S/c16-9-3-6-11(12(17)7-9)14(23)19-20-15(26)18-13(22)8-1-4-10(5-2-8)21(24)25/h1-7H,(H,19,23)(H2,18,20,22,26). The summed E-state index contributed by atoms with van der Waals surface area (Å²) in [5.41, 5.74) is 4.81. The van der Waals surface area contributed by atoms with Crippen molar-refractivity contribution in [2.24, 2.45) is 0 Å². The Morgan fingerprint density at radius 2 is 1.65 bits per heavy atom. The third-order valence-corrected chi connectivity index (χ3v) is 3.78. The summed E-state index contributed by atoms with van der Waals surface area (Å²) in [4.78, 5) is 34.0. The molecule has 2 rings (SSSR count). The van der Waals surface area contributed by atoms with E-state index in [4.69, 9.17) is 35.4 Å². The highest BCUT2D eigenvalue weighted by molar-refractivity contribution is 7.80. The van der Waals surface area contributed by atoms with Crippen LogP contribution in [-0.4, -0.2) is 21.9 Å². The first kappa shape index (κ1) is 19.6. The zero-order valence-electron chi connectivity index (χ0n) is 12.8. The number of halogens is 2. The van der Waals surface area contributed by atoms with Crippen LogP contribution in [0.4, 0.5) is 5.69 Å². The quantitative estimate of drug-likeness (QED) is 0.405. The molecule has 11 heteroatoms. The number of nitrogens with one attached hydrogen (secondary N) is 3. The number of hydrogen-bond acceptors (Lipinski definition) is 5. The number of nitrogens with zero attached hydrogens (tertiary/aromatic N) is 1. The second-order valence-corrected chi connectivity index (χ2v) is 6.04. The number of amides is 2. The molecule has 0 saturated carbocycles. The van der Waals surface area contributed by atoms with Crippen molar-refractivity contribution in [3.63, 3.8) is 0 Å². The van der Waals surface area contributed by atoms with Crippen molar-refractivity contribution in [1.29, 1.82) is 0 Å². The van der Waals surface area contributed by atoms with Crippen molar-refractivity contribution in [1.82, 2.24) is 16.2 Å². The van der Waals surface area contributed by atoms with Crippen molar-refractivity contribution in [3.05, 3.63) is 73.8 Å². The van der Waals surface area contributed by atoms with Gasteiger partial charge in [-0.25, -0.2) is 0 Å². The van der Waals surface area contributed by atoms with E-state index >= 15 is 0 Å². The fraction of sp³-hybridized carbons (Fsp3) is 0. The lowest BCUT2D eigenvalue weighted by Crippen LogP contribution is -2.48. The molecule has 0 atom stereocenters. The van der Waals surface area contributed by atoms with Crippen molar-refractivity contribution in [3.8, 4) is 0 Å². The number of nitro groups is 1. The molecule has 0 radical (unpaired) electrons. The third-order valence-electron chi connectivity index (χ3n) is 3.03. The zero-order valence-corrected chi connectivity index (χ0v) is 15.1. The van der Waals surface area contributed by atoms with Crippen LogP contribution in [0.25, 0.3) is 0 Å². The molecule has 8 nitrogen and oxygen atoms in total. The van der Waals surface area contributed by atoms with E-state index in [2.05, 4.69) is 16.2 Å². The van der Waals surface area contributed by atoms with Crippen LogP contribution in [0.1, 0.15) is 20.7 Å². The Kier molecular flexibility index (Phi) is 6.45. The molecule has 0 aliphatic rings. The van der Waals surface area contributed by atoms with E-state index in [1.54, 1.807) is 0 Å². The highest BCUT2D eigenvalue weighted by atomic mass is 35.5. The van der Waals surface area contributed by atoms with Crippen LogP contribution >= 0.6 is 35.4 Å². The van der Waals surface area contributed by atoms with Gasteiger partial charge in [0.2, 0.25) is 0 Å². The molecule has 0 saturated heterocycles. The number of carbonyl (C=O) groups excluding carboxylic acids is 2. The first-order valence-electron chi connectivity index (χ1n) is 6.89. The molecule has 2 amide bonds. The maximum atomic E-state index is 12.0. The maximum absolute atomic E-state index is 12.0. The molecule has 0 spiro atoms. The van der Waals surface area contributed by atoms with Gasteiger partial charge in [0, 0.05) is 22.7 Å². The molecule has 0 aliphatic heterocycles. The molecule has 26 heavy (non-hydrogen) atoms. The van der Waals surface area contributed by atoms with E-state index in [1.165, 1.54) is 42.5 Å². The summed E-state index contributed by atoms with van der Waals surface area (Å²) in [5, 5.41) is 13.3. The van der Waals surface area contributed by atoms with Gasteiger partial charge in [0.1, 0.15) is 0 Å². The van der Waals surface area contributed by atoms with Gasteiger partial charge in [-0.2, -0.15) is 0 Å². The van der Waals surface area contributed by atoms with Crippen LogP contribution in [0.5, 0.6) is 0 Å². The molecule has 134 valence electrons. The Morgan fingerprint density at radius 3 is 2.23 bits per heavy atom. The third kappa shape index (κ3) is 5.12. The first-order chi connectivity index (χ1) is 12.3. The van der Waals surface area contributed by atoms with Gasteiger partial charge >= 0.3 is 0 Å². The first-order valence-corrected chi connectivity index (χ1v) is 8.05. The van der Waals surface area contributed by atoms with E-state index in [-0.39, 0.29) is 26.9 Å². The van der Waals surface area contributed by atoms with Crippen molar-refractivity contribution >= 4 is 58.0 Å². The summed E-state index contributed by atoms with van der Waals surface area (Å²) in [6.07, 6.45) is 0. The van der Waals surface area contributed by atoms with Crippen LogP contribution in [0.3, 0.4) is 0 Å². The van der Waals surface area contributed by atoms with Gasteiger partial charge in [0.15, 0.2) is 5.11 Å². The zero-order chi connectivity index (χ0) is 19.3. The summed E-state index contributed by atoms with van der Waals surface area (Å²) < 4.78 is 0. The fourth-order valence-corrected chi connectivity index (χ4v) is 2.43. The molecule has 0 aliphatic carbocycles. The van der Waals surface area contributed by atoms with E-state index in [1.807, 2.05) is 0 Å². The van der Waals surface area contributed by atoms with E-state index in [0.29, 0.717) is 5.02 Å². The lowest BCUT2D eigenvalue weighted by Gasteiger charge is -2.11. The fourth-order valence-electron chi connectivity index (χ4n) is 1.80. The smallest absolute Gasteiger partial charge is 0.271 e. The SMILES string of the molecule is O=C(NC(=S)NNC(=O)c1ccc(Cl)cc1Cl)c1ccc([N+](=O)[O-])cc1. The summed E-state index contributed by atoms with van der Waals surface area (Å²) in [7, 11) is 0. The Balaban J connectivity index is 1.90. The molecule has 0 fully saturated rings. The molecule has 0 heterocycles. The molecule has 3 N–H and O–H groups in total. The lowest BCUT2D eigenvalue weighted by molar-refractivity contribution is -0.384. The van der Waals surface area contributed by atoms with Crippen LogP contribution in [0.15, 0.2) is 42.5 Å². The minimum atomic E-state index is -0.601. The van der Waals surface area contributed by atoms with Crippen molar-refractivity contribution in [2.75, 3.05) is 0 Å². The predicted molar refractivity (Wildman–Crippen MR) is 100 cm³/mol. The van der Waals surface area contributed by atoms with Gasteiger partial charge in [0.25, 0.3) is 17.5 Å². The minimum Gasteiger partial charge on any atom is -0.298 e. The highest BCUT2D eigenvalue weighted by Crippen LogP contribution is 2.20. The normalized spacial score (nSPS) is 9.92. The molecule has 0 aromatic heterocycles. The highest BCUT2D eigenvalue weighted by Gasteiger charge is 2.13. The van der Waals surface area contributed by atoms with Crippen LogP contribution in [0.2, 0.25) is 10.0 Å². The Morgan fingerprint density at radius 1 is 1.00 bits per heavy atom. The molecule has 2 aromatic carbocycles. The number of rotatable bonds is 3. The lowest BCUT2D eigenvalue weighted by atomic mass is 10.2. The summed E-state index contributed by atoms with van der Waals surface area (Å²) >= 11 is 16.6. The molecular weight excluding hydrogens is 403 g/mol. The van der Waals surface area contributed by atoms with Gasteiger partial charge in [0.05, 0.1) is 15.5 Å². The number of benzene rings is 2. The topological polar surface area (TPSA) is 113 Å². The monoisotopic (exact) mass is 412 g/mol. The number of carbonyl (C=O) groups is 2. The van der Waals surface area contributed by atoms with Gasteiger partial charge in [-0.3, -0.25) is 35.9 Å². The number of hydrogen-bond donors (Lipinski definition) is 3. The van der Waals surface area contributed by atoms with Gasteiger partial charge in [-0.05, 0) is 42.5 Å². The number of non-ortho nitro benzene ring substituents is 1. The van der Waals surface area contributed by atoms with Crippen molar-refractivity contribution < 1.29 is 14.5 Å². The summed E-state index contributed by atoms with van der Waals surface area (Å²) in [5.74, 6) is -1.19. The molecule has 0 bridgehead atoms. The van der Waals surface area contributed by atoms with Crippen LogP contribution in [-0.2, 0) is 0 Å². The van der Waals surface area contributed by atoms with Gasteiger partial charge in [-0.15, -0.1) is 0 Å². The Hall–Kier alpha value is -2.75. The van der Waals surface area contributed by atoms with Gasteiger partial charge in [-0.1, -0.05) is 23.2 Å². The second-order valence-electron chi connectivity index (χ2n) is 4.79. The Labute approximate surface area is 162 Å². The average molecular weight is 413 g/mol. The Bertz CT molecular complexity index is 890. The maximum Gasteiger partial charge on any atom is 0.271 e. The number of hydrazine groups is 1. The van der Waals surface area contributed by atoms with E-state index < -0.39 is 16.7 Å². The number of nitro benzene ring substituents is 1. The predicted octanol–water partition coefficient (Wildman–Crippen LogP) is 2.85. The number of thiocarbonyl (C=S) groups is 1. The summed E-state index contributed by atoms with van der Waals surface area (Å²) in [6, 6.07) is 9.28. The van der Waals surface area contributed by atoms with Crippen LogP contribution in [0, 0.1) is 10.1 Å². The summed E-state index contributed by atoms with van der Waals surface area (Å²) in [6.45, 7) is 0. The molecule has 2 aromatic rings. The molecular formula is C15H10Cl2N4O4S. The second kappa shape index (κ2) is 8.56. The molecule has 0 unspecified atom stereocenters. The van der Waals surface area contributed by atoms with E-state index in [9.17, 15) is 19.7 Å². The van der Waals surface area contributed by atoms with E-state index in [0.717, 1.165) is 0 Å². The largest absolute Gasteiger partial charge is 0.298 e. The van der Waals surface area contributed by atoms with Crippen molar-refractivity contribution in [2.45, 2.75) is 0 Å². The average Bonchev–Trinajstić information content (AvgIpc) is 2.59. The van der Waals surface area contributed by atoms with Gasteiger partial charge < -0.3 is 0 Å².